The Morgan fingerprint density at radius 1 is 1.53 bits per heavy atom. The maximum absolute atomic E-state index is 13.0. The van der Waals surface area contributed by atoms with E-state index in [1.165, 1.54) is 6.07 Å². The lowest BCUT2D eigenvalue weighted by Gasteiger charge is -2.20. The highest BCUT2D eigenvalue weighted by atomic mass is 19.1. The van der Waals surface area contributed by atoms with Crippen LogP contribution < -0.4 is 5.32 Å². The first-order chi connectivity index (χ1) is 8.15. The van der Waals surface area contributed by atoms with Gasteiger partial charge >= 0.3 is 0 Å². The van der Waals surface area contributed by atoms with Gasteiger partial charge in [-0.25, -0.2) is 4.39 Å². The normalized spacial score (nSPS) is 21.6. The Kier molecular flexibility index (Phi) is 3.97. The van der Waals surface area contributed by atoms with Crippen LogP contribution in [0.2, 0.25) is 0 Å². The summed E-state index contributed by atoms with van der Waals surface area (Å²) >= 11 is 0. The van der Waals surface area contributed by atoms with Crippen molar-refractivity contribution in [3.8, 4) is 5.75 Å². The quantitative estimate of drug-likeness (QED) is 0.846. The maximum Gasteiger partial charge on any atom is 0.127 e. The number of ether oxygens (including phenoxy) is 1. The lowest BCUT2D eigenvalue weighted by Crippen LogP contribution is -2.36. The van der Waals surface area contributed by atoms with Crippen LogP contribution in [0, 0.1) is 5.82 Å². The third kappa shape index (κ3) is 3.41. The van der Waals surface area contributed by atoms with Crippen molar-refractivity contribution in [2.75, 3.05) is 6.61 Å². The van der Waals surface area contributed by atoms with E-state index < -0.39 is 5.82 Å². The first-order valence-corrected chi connectivity index (χ1v) is 5.98. The monoisotopic (exact) mass is 239 g/mol. The second-order valence-corrected chi connectivity index (χ2v) is 4.54. The number of phenols is 1. The van der Waals surface area contributed by atoms with Crippen molar-refractivity contribution in [1.82, 2.24) is 5.32 Å². The smallest absolute Gasteiger partial charge is 0.127 e. The fourth-order valence-corrected chi connectivity index (χ4v) is 2.14. The molecular formula is C13H18FNO2. The number of benzene rings is 1. The average molecular weight is 239 g/mol. The summed E-state index contributed by atoms with van der Waals surface area (Å²) in [5.74, 6) is -0.446. The van der Waals surface area contributed by atoms with Gasteiger partial charge in [0.25, 0.3) is 0 Å². The summed E-state index contributed by atoms with van der Waals surface area (Å²) in [5.41, 5.74) is 0.743. The number of aromatic hydroxyl groups is 1. The molecule has 0 saturated carbocycles. The second kappa shape index (κ2) is 5.47. The molecule has 1 heterocycles. The maximum atomic E-state index is 13.0. The van der Waals surface area contributed by atoms with Gasteiger partial charge in [-0.05, 0) is 37.5 Å². The van der Waals surface area contributed by atoms with Gasteiger partial charge in [-0.2, -0.15) is 0 Å². The van der Waals surface area contributed by atoms with Crippen molar-refractivity contribution in [2.24, 2.45) is 0 Å². The molecule has 2 N–H and O–H groups in total. The van der Waals surface area contributed by atoms with Gasteiger partial charge < -0.3 is 15.2 Å². The molecule has 17 heavy (non-hydrogen) atoms. The van der Waals surface area contributed by atoms with Gasteiger partial charge in [-0.15, -0.1) is 0 Å². The van der Waals surface area contributed by atoms with Crippen LogP contribution >= 0.6 is 0 Å². The number of hydrogen-bond acceptors (Lipinski definition) is 3. The van der Waals surface area contributed by atoms with Crippen LogP contribution in [0.4, 0.5) is 4.39 Å². The molecule has 0 bridgehead atoms. The van der Waals surface area contributed by atoms with Crippen molar-refractivity contribution < 1.29 is 14.2 Å². The molecule has 0 radical (unpaired) electrons. The van der Waals surface area contributed by atoms with Crippen LogP contribution in [0.1, 0.15) is 25.3 Å². The highest BCUT2D eigenvalue weighted by Gasteiger charge is 2.21. The molecule has 3 nitrogen and oxygen atoms in total. The van der Waals surface area contributed by atoms with Crippen LogP contribution in [0.25, 0.3) is 0 Å². The van der Waals surface area contributed by atoms with Crippen LogP contribution in [0.5, 0.6) is 5.75 Å². The number of phenolic OH excluding ortho intramolecular Hbond substituents is 1. The minimum atomic E-state index is -0.411. The number of halogens is 1. The van der Waals surface area contributed by atoms with E-state index in [9.17, 15) is 9.50 Å². The van der Waals surface area contributed by atoms with Crippen molar-refractivity contribution in [1.29, 1.82) is 0 Å². The summed E-state index contributed by atoms with van der Waals surface area (Å²) in [6.07, 6.45) is 2.43. The molecule has 2 unspecified atom stereocenters. The van der Waals surface area contributed by atoms with Gasteiger partial charge in [-0.3, -0.25) is 0 Å². The molecule has 0 aliphatic carbocycles. The van der Waals surface area contributed by atoms with Crippen LogP contribution in [0.3, 0.4) is 0 Å². The predicted molar refractivity (Wildman–Crippen MR) is 63.3 cm³/mol. The van der Waals surface area contributed by atoms with Gasteiger partial charge in [0.2, 0.25) is 0 Å². The van der Waals surface area contributed by atoms with E-state index in [-0.39, 0.29) is 17.9 Å². The van der Waals surface area contributed by atoms with Crippen molar-refractivity contribution >= 4 is 0 Å². The van der Waals surface area contributed by atoms with Gasteiger partial charge in [0.05, 0.1) is 6.10 Å². The van der Waals surface area contributed by atoms with E-state index in [4.69, 9.17) is 4.74 Å². The topological polar surface area (TPSA) is 41.5 Å². The largest absolute Gasteiger partial charge is 0.508 e. The third-order valence-electron chi connectivity index (χ3n) is 3.09. The Balaban J connectivity index is 1.88. The minimum absolute atomic E-state index is 0.0356. The molecule has 1 aliphatic heterocycles. The van der Waals surface area contributed by atoms with E-state index in [1.54, 1.807) is 6.07 Å². The highest BCUT2D eigenvalue weighted by Crippen LogP contribution is 2.17. The molecule has 2 atom stereocenters. The van der Waals surface area contributed by atoms with Crippen molar-refractivity contribution in [3.63, 3.8) is 0 Å². The van der Waals surface area contributed by atoms with Gasteiger partial charge in [0, 0.05) is 25.3 Å². The molecule has 0 spiro atoms. The van der Waals surface area contributed by atoms with E-state index in [0.717, 1.165) is 31.1 Å². The van der Waals surface area contributed by atoms with E-state index in [0.29, 0.717) is 6.54 Å². The zero-order valence-corrected chi connectivity index (χ0v) is 9.95. The number of nitrogens with one attached hydrogen (secondary N) is 1. The Morgan fingerprint density at radius 2 is 2.35 bits per heavy atom. The molecule has 1 aliphatic rings. The first kappa shape index (κ1) is 12.3. The summed E-state index contributed by atoms with van der Waals surface area (Å²) in [5, 5.41) is 12.6. The van der Waals surface area contributed by atoms with Gasteiger partial charge in [0.1, 0.15) is 11.6 Å². The van der Waals surface area contributed by atoms with E-state index in [1.807, 2.05) is 0 Å². The van der Waals surface area contributed by atoms with Crippen LogP contribution in [0.15, 0.2) is 18.2 Å². The molecule has 1 saturated heterocycles. The first-order valence-electron chi connectivity index (χ1n) is 5.98. The molecule has 94 valence electrons. The van der Waals surface area contributed by atoms with Crippen LogP contribution in [-0.4, -0.2) is 23.9 Å². The van der Waals surface area contributed by atoms with Gasteiger partial charge in [-0.1, -0.05) is 0 Å². The molecule has 1 aromatic carbocycles. The number of hydrogen-bond donors (Lipinski definition) is 2. The SMILES string of the molecule is CC(NCc1cc(O)cc(F)c1)C1CCCO1. The molecule has 0 aromatic heterocycles. The molecule has 1 fully saturated rings. The summed E-state index contributed by atoms with van der Waals surface area (Å²) < 4.78 is 18.6. The fraction of sp³-hybridized carbons (Fsp3) is 0.538. The Morgan fingerprint density at radius 3 is 3.00 bits per heavy atom. The second-order valence-electron chi connectivity index (χ2n) is 4.54. The lowest BCUT2D eigenvalue weighted by molar-refractivity contribution is 0.0832. The Hall–Kier alpha value is -1.13. The average Bonchev–Trinajstić information content (AvgIpc) is 2.78. The third-order valence-corrected chi connectivity index (χ3v) is 3.09. The molecular weight excluding hydrogens is 221 g/mol. The zero-order valence-electron chi connectivity index (χ0n) is 9.95. The van der Waals surface area contributed by atoms with E-state index >= 15 is 0 Å². The molecule has 2 rings (SSSR count). The van der Waals surface area contributed by atoms with Crippen molar-refractivity contribution in [2.45, 2.75) is 38.5 Å². The molecule has 0 amide bonds. The van der Waals surface area contributed by atoms with Crippen LogP contribution in [-0.2, 0) is 11.3 Å². The lowest BCUT2D eigenvalue weighted by atomic mass is 10.1. The fourth-order valence-electron chi connectivity index (χ4n) is 2.14. The number of rotatable bonds is 4. The predicted octanol–water partition coefficient (Wildman–Crippen LogP) is 2.19. The van der Waals surface area contributed by atoms with Crippen molar-refractivity contribution in [3.05, 3.63) is 29.6 Å². The molecule has 4 heteroatoms. The minimum Gasteiger partial charge on any atom is -0.508 e. The van der Waals surface area contributed by atoms with Gasteiger partial charge in [0.15, 0.2) is 0 Å². The summed E-state index contributed by atoms with van der Waals surface area (Å²) in [4.78, 5) is 0. The van der Waals surface area contributed by atoms with E-state index in [2.05, 4.69) is 12.2 Å². The summed E-state index contributed by atoms with van der Waals surface area (Å²) in [7, 11) is 0. The zero-order chi connectivity index (χ0) is 12.3. The Bertz CT molecular complexity index is 357. The Labute approximate surface area is 101 Å². The standard InChI is InChI=1S/C13H18FNO2/c1-9(13-3-2-4-17-13)15-8-10-5-11(14)7-12(16)6-10/h5-7,9,13,15-16H,2-4,8H2,1H3. The molecule has 1 aromatic rings. The summed E-state index contributed by atoms with van der Waals surface area (Å²) in [6.45, 7) is 3.43. The highest BCUT2D eigenvalue weighted by molar-refractivity contribution is 5.28. The summed E-state index contributed by atoms with van der Waals surface area (Å²) in [6, 6.07) is 4.34.